The van der Waals surface area contributed by atoms with E-state index in [4.69, 9.17) is 9.47 Å². The number of amides is 1. The first-order valence-corrected chi connectivity index (χ1v) is 10.8. The molecule has 0 saturated heterocycles. The van der Waals surface area contributed by atoms with Crippen LogP contribution in [0.15, 0.2) is 30.6 Å². The van der Waals surface area contributed by atoms with Crippen LogP contribution in [0.1, 0.15) is 46.6 Å². The van der Waals surface area contributed by atoms with Gasteiger partial charge in [-0.3, -0.25) is 4.79 Å². The fourth-order valence-corrected chi connectivity index (χ4v) is 4.19. The topological polar surface area (TPSA) is 102 Å². The summed E-state index contributed by atoms with van der Waals surface area (Å²) < 4.78 is 10.8. The number of aromatic nitrogens is 2. The molecule has 1 atom stereocenters. The molecule has 32 heavy (non-hydrogen) atoms. The second kappa shape index (κ2) is 9.18. The minimum atomic E-state index is -0.736. The smallest absolute Gasteiger partial charge is 0.357 e. The van der Waals surface area contributed by atoms with Gasteiger partial charge in [0.15, 0.2) is 0 Å². The Morgan fingerprint density at radius 3 is 2.84 bits per heavy atom. The molecule has 0 bridgehead atoms. The lowest BCUT2D eigenvalue weighted by atomic mass is 9.79. The van der Waals surface area contributed by atoms with E-state index in [1.165, 1.54) is 0 Å². The first-order valence-electron chi connectivity index (χ1n) is 10.8. The number of hydrogen-bond acceptors (Lipinski definition) is 7. The fraction of sp³-hybridized carbons (Fsp3) is 0.417. The lowest BCUT2D eigenvalue weighted by molar-refractivity contribution is -0.120. The molecular weight excluding hydrogens is 408 g/mol. The summed E-state index contributed by atoms with van der Waals surface area (Å²) in [5.74, 6) is 0.0720. The number of likely N-dealkylation sites (N-methyl/N-ethyl adjacent to an activating group) is 1. The number of anilines is 1. The van der Waals surface area contributed by atoms with Gasteiger partial charge in [0.2, 0.25) is 5.91 Å². The van der Waals surface area contributed by atoms with E-state index in [-0.39, 0.29) is 17.7 Å². The lowest BCUT2D eigenvalue weighted by Crippen LogP contribution is -2.35. The van der Waals surface area contributed by atoms with Crippen molar-refractivity contribution in [3.8, 4) is 0 Å². The number of esters is 1. The van der Waals surface area contributed by atoms with Crippen LogP contribution in [0.4, 0.5) is 5.82 Å². The molecule has 4 rings (SSSR count). The minimum Gasteiger partial charge on any atom is -0.458 e. The highest BCUT2D eigenvalue weighted by Gasteiger charge is 2.51. The Hall–Kier alpha value is -3.10. The third-order valence-corrected chi connectivity index (χ3v) is 5.73. The maximum Gasteiger partial charge on any atom is 0.357 e. The number of carbonyl (C=O) groups is 2. The number of nitrogens with zero attached hydrogens (tertiary/aromatic N) is 2. The van der Waals surface area contributed by atoms with E-state index in [1.807, 2.05) is 25.3 Å². The minimum absolute atomic E-state index is 0.0703. The van der Waals surface area contributed by atoms with Crippen LogP contribution in [-0.2, 0) is 32.5 Å². The summed E-state index contributed by atoms with van der Waals surface area (Å²) in [6.07, 6.45) is 8.12. The molecule has 2 N–H and O–H groups in total. The van der Waals surface area contributed by atoms with E-state index in [0.29, 0.717) is 31.9 Å². The monoisotopic (exact) mass is 436 g/mol. The molecule has 1 aliphatic heterocycles. The zero-order valence-corrected chi connectivity index (χ0v) is 18.6. The van der Waals surface area contributed by atoms with Crippen LogP contribution in [0.25, 0.3) is 6.08 Å². The molecule has 168 valence electrons. The van der Waals surface area contributed by atoms with Crippen molar-refractivity contribution in [2.75, 3.05) is 32.1 Å². The Morgan fingerprint density at radius 2 is 2.06 bits per heavy atom. The van der Waals surface area contributed by atoms with E-state index in [2.05, 4.69) is 20.6 Å². The van der Waals surface area contributed by atoms with Gasteiger partial charge in [-0.25, -0.2) is 14.8 Å². The first kappa shape index (κ1) is 22.1. The van der Waals surface area contributed by atoms with Crippen LogP contribution in [0, 0.1) is 0 Å². The Kier molecular flexibility index (Phi) is 6.34. The van der Waals surface area contributed by atoms with Crippen LogP contribution in [0.2, 0.25) is 0 Å². The molecule has 1 aliphatic carbocycles. The number of rotatable bonds is 8. The maximum atomic E-state index is 13.1. The highest BCUT2D eigenvalue weighted by Crippen LogP contribution is 2.46. The van der Waals surface area contributed by atoms with Gasteiger partial charge in [0.05, 0.1) is 24.7 Å². The van der Waals surface area contributed by atoms with Crippen molar-refractivity contribution in [1.29, 1.82) is 0 Å². The Balaban J connectivity index is 1.55. The van der Waals surface area contributed by atoms with Crippen molar-refractivity contribution in [2.24, 2.45) is 0 Å². The summed E-state index contributed by atoms with van der Waals surface area (Å²) in [5, 5.41) is 5.96. The normalized spacial score (nSPS) is 18.9. The van der Waals surface area contributed by atoms with E-state index >= 15 is 0 Å². The maximum absolute atomic E-state index is 13.1. The number of hydrogen-bond donors (Lipinski definition) is 2. The van der Waals surface area contributed by atoms with Crippen LogP contribution < -0.4 is 10.6 Å². The first-order chi connectivity index (χ1) is 15.4. The molecule has 0 unspecified atom stereocenters. The summed E-state index contributed by atoms with van der Waals surface area (Å²) in [6.45, 7) is 5.55. The van der Waals surface area contributed by atoms with Crippen molar-refractivity contribution < 1.29 is 19.1 Å². The van der Waals surface area contributed by atoms with Gasteiger partial charge in [0.25, 0.3) is 0 Å². The van der Waals surface area contributed by atoms with Crippen LogP contribution in [-0.4, -0.2) is 54.8 Å². The third-order valence-electron chi connectivity index (χ3n) is 5.73. The quantitative estimate of drug-likeness (QED) is 0.483. The highest BCUT2D eigenvalue weighted by atomic mass is 16.5. The summed E-state index contributed by atoms with van der Waals surface area (Å²) in [5.41, 5.74) is 3.22. The molecule has 1 amide bonds. The van der Waals surface area contributed by atoms with E-state index < -0.39 is 11.4 Å². The largest absolute Gasteiger partial charge is 0.458 e. The standard InChI is InChI=1S/C24H28N4O4/c1-15(2)32-22(29)20-10-17-11-24(12-18(17)14-26-20)19-9-16(5-4-7-31-8-6-25-3)13-27-21(19)28-23(24)30/h4-5,9-10,13-15,25H,6-8,11-12H2,1-3H3,(H,27,28,30)/b5-4+/t24-/m1/s1. The molecular formula is C24H28N4O4. The summed E-state index contributed by atoms with van der Waals surface area (Å²) in [4.78, 5) is 34.1. The van der Waals surface area contributed by atoms with Gasteiger partial charge in [0, 0.05) is 24.5 Å². The summed E-state index contributed by atoms with van der Waals surface area (Å²) in [6, 6.07) is 3.76. The second-order valence-electron chi connectivity index (χ2n) is 8.43. The van der Waals surface area contributed by atoms with Gasteiger partial charge in [-0.05, 0) is 62.6 Å². The third kappa shape index (κ3) is 4.28. The molecule has 0 saturated carbocycles. The average molecular weight is 437 g/mol. The molecule has 2 aliphatic rings. The van der Waals surface area contributed by atoms with Gasteiger partial charge in [-0.15, -0.1) is 0 Å². The van der Waals surface area contributed by atoms with Crippen LogP contribution >= 0.6 is 0 Å². The van der Waals surface area contributed by atoms with Crippen LogP contribution in [0.5, 0.6) is 0 Å². The second-order valence-corrected chi connectivity index (χ2v) is 8.43. The Bertz CT molecular complexity index is 1070. The number of ether oxygens (including phenoxy) is 2. The zero-order chi connectivity index (χ0) is 22.7. The molecule has 2 aromatic heterocycles. The molecule has 0 radical (unpaired) electrons. The van der Waals surface area contributed by atoms with Crippen molar-refractivity contribution >= 4 is 23.8 Å². The van der Waals surface area contributed by atoms with E-state index in [9.17, 15) is 9.59 Å². The van der Waals surface area contributed by atoms with Crippen LogP contribution in [0.3, 0.4) is 0 Å². The number of nitrogens with one attached hydrogen (secondary N) is 2. The summed E-state index contributed by atoms with van der Waals surface area (Å²) in [7, 11) is 1.88. The lowest BCUT2D eigenvalue weighted by Gasteiger charge is -2.20. The Morgan fingerprint density at radius 1 is 1.25 bits per heavy atom. The number of fused-ring (bicyclic) bond motifs is 3. The molecule has 3 heterocycles. The average Bonchev–Trinajstić information content (AvgIpc) is 3.27. The van der Waals surface area contributed by atoms with Gasteiger partial charge in [-0.1, -0.05) is 12.2 Å². The number of carbonyl (C=O) groups excluding carboxylic acids is 2. The molecule has 0 fully saturated rings. The molecule has 8 nitrogen and oxygen atoms in total. The van der Waals surface area contributed by atoms with Crippen molar-refractivity contribution in [3.63, 3.8) is 0 Å². The van der Waals surface area contributed by atoms with Gasteiger partial charge < -0.3 is 20.1 Å². The predicted octanol–water partition coefficient (Wildman–Crippen LogP) is 2.28. The van der Waals surface area contributed by atoms with E-state index in [1.54, 1.807) is 32.3 Å². The fourth-order valence-electron chi connectivity index (χ4n) is 4.19. The highest BCUT2D eigenvalue weighted by molar-refractivity contribution is 6.06. The van der Waals surface area contributed by atoms with Gasteiger partial charge in [-0.2, -0.15) is 0 Å². The Labute approximate surface area is 187 Å². The number of pyridine rings is 2. The van der Waals surface area contributed by atoms with Crippen molar-refractivity contribution in [1.82, 2.24) is 15.3 Å². The zero-order valence-electron chi connectivity index (χ0n) is 18.6. The SMILES string of the molecule is CNCCOC/C=C/c1cnc2c(c1)[C@@]1(Cc3cnc(C(=O)OC(C)C)cc3C1)C(=O)N2. The van der Waals surface area contributed by atoms with Gasteiger partial charge >= 0.3 is 5.97 Å². The van der Waals surface area contributed by atoms with Gasteiger partial charge in [0.1, 0.15) is 11.5 Å². The molecule has 2 aromatic rings. The van der Waals surface area contributed by atoms with E-state index in [0.717, 1.165) is 28.8 Å². The molecule has 1 spiro atoms. The summed E-state index contributed by atoms with van der Waals surface area (Å²) >= 11 is 0. The molecule has 8 heteroatoms. The molecule has 0 aromatic carbocycles. The van der Waals surface area contributed by atoms with Crippen molar-refractivity contribution in [2.45, 2.75) is 38.2 Å². The predicted molar refractivity (Wildman–Crippen MR) is 121 cm³/mol. The van der Waals surface area contributed by atoms with Crippen molar-refractivity contribution in [3.05, 3.63) is 58.6 Å².